The van der Waals surface area contributed by atoms with E-state index in [9.17, 15) is 14.4 Å². The maximum Gasteiger partial charge on any atom is 0.350 e. The van der Waals surface area contributed by atoms with Gasteiger partial charge in [0, 0.05) is 13.8 Å². The number of ether oxygens (including phenoxy) is 4. The second kappa shape index (κ2) is 7.61. The molecule has 2 saturated carbocycles. The van der Waals surface area contributed by atoms with Crippen LogP contribution in [0.1, 0.15) is 66.7 Å². The van der Waals surface area contributed by atoms with E-state index in [0.29, 0.717) is 5.92 Å². The van der Waals surface area contributed by atoms with Crippen molar-refractivity contribution in [3.8, 4) is 0 Å². The van der Waals surface area contributed by atoms with Crippen molar-refractivity contribution in [3.63, 3.8) is 0 Å². The molecule has 0 N–H and O–H groups in total. The molecule has 2 aliphatic heterocycles. The average Bonchev–Trinajstić information content (AvgIpc) is 3.13. The minimum atomic E-state index is -1.19. The van der Waals surface area contributed by atoms with E-state index in [-0.39, 0.29) is 16.7 Å². The van der Waals surface area contributed by atoms with E-state index in [1.807, 2.05) is 0 Å². The maximum absolute atomic E-state index is 12.5. The zero-order valence-electron chi connectivity index (χ0n) is 19.1. The van der Waals surface area contributed by atoms with Crippen molar-refractivity contribution >= 4 is 17.9 Å². The van der Waals surface area contributed by atoms with Crippen LogP contribution in [0.2, 0.25) is 0 Å². The Labute approximate surface area is 183 Å². The zero-order valence-corrected chi connectivity index (χ0v) is 19.1. The molecule has 7 heteroatoms. The number of hydrogen-bond acceptors (Lipinski definition) is 7. The quantitative estimate of drug-likeness (QED) is 0.378. The van der Waals surface area contributed by atoms with Crippen LogP contribution in [0.25, 0.3) is 0 Å². The first-order valence-corrected chi connectivity index (χ1v) is 11.3. The number of fused-ring (bicyclic) bond motifs is 3. The maximum atomic E-state index is 12.5. The zero-order chi connectivity index (χ0) is 22.7. The van der Waals surface area contributed by atoms with Crippen molar-refractivity contribution in [1.29, 1.82) is 0 Å². The van der Waals surface area contributed by atoms with E-state index in [1.54, 1.807) is 0 Å². The molecule has 0 radical (unpaired) electrons. The van der Waals surface area contributed by atoms with Crippen molar-refractivity contribution in [2.24, 2.45) is 34.5 Å². The molecule has 0 amide bonds. The molecule has 1 unspecified atom stereocenters. The monoisotopic (exact) mass is 434 g/mol. The van der Waals surface area contributed by atoms with E-state index in [1.165, 1.54) is 26.7 Å². The highest BCUT2D eigenvalue weighted by Crippen LogP contribution is 2.64. The van der Waals surface area contributed by atoms with Crippen molar-refractivity contribution in [1.82, 2.24) is 0 Å². The van der Waals surface area contributed by atoms with E-state index in [2.05, 4.69) is 27.4 Å². The van der Waals surface area contributed by atoms with Gasteiger partial charge in [-0.25, -0.2) is 4.79 Å². The Morgan fingerprint density at radius 2 is 1.74 bits per heavy atom. The van der Waals surface area contributed by atoms with Crippen molar-refractivity contribution in [3.05, 3.63) is 12.2 Å². The van der Waals surface area contributed by atoms with Crippen LogP contribution < -0.4 is 0 Å². The van der Waals surface area contributed by atoms with E-state index >= 15 is 0 Å². The summed E-state index contributed by atoms with van der Waals surface area (Å²) in [5.41, 5.74) is 1.34. The molecule has 4 fully saturated rings. The molecule has 8 atom stereocenters. The highest BCUT2D eigenvalue weighted by atomic mass is 16.8. The highest BCUT2D eigenvalue weighted by Gasteiger charge is 2.63. The topological polar surface area (TPSA) is 88.1 Å². The Kier molecular flexibility index (Phi) is 5.48. The fourth-order valence-corrected chi connectivity index (χ4v) is 7.23. The Bertz CT molecular complexity index is 802. The van der Waals surface area contributed by atoms with E-state index in [4.69, 9.17) is 18.9 Å². The lowest BCUT2D eigenvalue weighted by Gasteiger charge is -2.51. The van der Waals surface area contributed by atoms with Gasteiger partial charge in [-0.15, -0.1) is 0 Å². The van der Waals surface area contributed by atoms with Crippen LogP contribution in [0.3, 0.4) is 0 Å². The van der Waals surface area contributed by atoms with Gasteiger partial charge in [-0.05, 0) is 48.3 Å². The molecule has 7 nitrogen and oxygen atoms in total. The summed E-state index contributed by atoms with van der Waals surface area (Å²) in [6.45, 7) is 14.1. The lowest BCUT2D eigenvalue weighted by molar-refractivity contribution is -0.209. The Morgan fingerprint density at radius 3 is 2.39 bits per heavy atom. The first-order valence-electron chi connectivity index (χ1n) is 11.3. The minimum Gasteiger partial charge on any atom is -0.450 e. The first-order chi connectivity index (χ1) is 14.5. The lowest BCUT2D eigenvalue weighted by atomic mass is 9.54. The summed E-state index contributed by atoms with van der Waals surface area (Å²) in [6, 6.07) is 0. The second-order valence-corrected chi connectivity index (χ2v) is 10.7. The number of hydrogen-bond donors (Lipinski definition) is 0. The third kappa shape index (κ3) is 3.59. The molecule has 4 aliphatic rings. The summed E-state index contributed by atoms with van der Waals surface area (Å²) in [5.74, 6) is -2.02. The van der Waals surface area contributed by atoms with Gasteiger partial charge in [-0.3, -0.25) is 9.59 Å². The van der Waals surface area contributed by atoms with Gasteiger partial charge in [0.05, 0.1) is 11.8 Å². The molecular formula is C24H34O7. The van der Waals surface area contributed by atoms with Crippen LogP contribution in [-0.4, -0.2) is 36.6 Å². The lowest BCUT2D eigenvalue weighted by Crippen LogP contribution is -2.50. The fourth-order valence-electron chi connectivity index (χ4n) is 7.23. The Balaban J connectivity index is 1.66. The smallest absolute Gasteiger partial charge is 0.350 e. The van der Waals surface area contributed by atoms with E-state index in [0.717, 1.165) is 24.8 Å². The van der Waals surface area contributed by atoms with Crippen LogP contribution in [0.5, 0.6) is 0 Å². The standard InChI is InChI=1S/C24H34O7/c1-12(15-8-9-16-23(4,5)10-7-11-24(15,16)6)17-18-19(28-13(2)25)20(27)30-21(17)31-22(18)29-14(3)26/h15-19,21-22H,1,7-11H2,2-6H3/t15-,16+,17?,18+,19+,21-,22-,24-/m1/s1. The van der Waals surface area contributed by atoms with Crippen LogP contribution in [0, 0.1) is 34.5 Å². The van der Waals surface area contributed by atoms with Gasteiger partial charge in [0.1, 0.15) is 0 Å². The summed E-state index contributed by atoms with van der Waals surface area (Å²) >= 11 is 0. The number of carbonyl (C=O) groups excluding carboxylic acids is 3. The van der Waals surface area contributed by atoms with Crippen LogP contribution in [0.4, 0.5) is 0 Å². The summed E-state index contributed by atoms with van der Waals surface area (Å²) in [5, 5.41) is 0. The molecule has 2 heterocycles. The molecule has 2 bridgehead atoms. The largest absolute Gasteiger partial charge is 0.450 e. The molecule has 0 aromatic rings. The summed E-state index contributed by atoms with van der Waals surface area (Å²) in [6.07, 6.45) is 2.60. The predicted octanol–water partition coefficient (Wildman–Crippen LogP) is 3.75. The van der Waals surface area contributed by atoms with Gasteiger partial charge in [0.15, 0.2) is 0 Å². The second-order valence-electron chi connectivity index (χ2n) is 10.7. The molecule has 4 rings (SSSR count). The molecule has 0 aromatic heterocycles. The SMILES string of the molecule is C=C(C1[C@@H]2OC(=O)[C@@H](OC(C)=O)[C@H]1[C@H](OC(C)=O)O2)[C@H]1CC[C@H]2C(C)(C)CCC[C@]12C. The molecule has 31 heavy (non-hydrogen) atoms. The van der Waals surface area contributed by atoms with Gasteiger partial charge in [0.2, 0.25) is 18.7 Å². The highest BCUT2D eigenvalue weighted by molar-refractivity contribution is 5.80. The summed E-state index contributed by atoms with van der Waals surface area (Å²) in [4.78, 5) is 35.9. The molecule has 2 saturated heterocycles. The van der Waals surface area contributed by atoms with Gasteiger partial charge in [0.25, 0.3) is 0 Å². The number of carbonyl (C=O) groups is 3. The van der Waals surface area contributed by atoms with Crippen molar-refractivity contribution < 1.29 is 33.3 Å². The van der Waals surface area contributed by atoms with Gasteiger partial charge in [-0.2, -0.15) is 0 Å². The van der Waals surface area contributed by atoms with Crippen LogP contribution >= 0.6 is 0 Å². The summed E-state index contributed by atoms with van der Waals surface area (Å²) < 4.78 is 22.1. The fraction of sp³-hybridized carbons (Fsp3) is 0.792. The van der Waals surface area contributed by atoms with Crippen LogP contribution in [-0.2, 0) is 33.3 Å². The van der Waals surface area contributed by atoms with E-state index < -0.39 is 48.4 Å². The third-order valence-corrected chi connectivity index (χ3v) is 8.37. The predicted molar refractivity (Wildman–Crippen MR) is 110 cm³/mol. The van der Waals surface area contributed by atoms with Gasteiger partial charge >= 0.3 is 17.9 Å². The van der Waals surface area contributed by atoms with Crippen molar-refractivity contribution in [2.75, 3.05) is 0 Å². The number of rotatable bonds is 4. The Morgan fingerprint density at radius 1 is 1.06 bits per heavy atom. The minimum absolute atomic E-state index is 0.105. The summed E-state index contributed by atoms with van der Waals surface area (Å²) in [7, 11) is 0. The molecule has 0 spiro atoms. The normalized spacial score (nSPS) is 43.0. The first kappa shape index (κ1) is 22.3. The molecule has 172 valence electrons. The molecule has 0 aromatic carbocycles. The van der Waals surface area contributed by atoms with Gasteiger partial charge < -0.3 is 18.9 Å². The number of esters is 3. The average molecular weight is 435 g/mol. The Hall–Kier alpha value is -1.89. The third-order valence-electron chi connectivity index (χ3n) is 8.37. The molecule has 2 aliphatic carbocycles. The van der Waals surface area contributed by atoms with Crippen molar-refractivity contribution in [2.45, 2.75) is 85.4 Å². The van der Waals surface area contributed by atoms with Gasteiger partial charge in [-0.1, -0.05) is 39.3 Å². The molecular weight excluding hydrogens is 400 g/mol. The van der Waals surface area contributed by atoms with Crippen LogP contribution in [0.15, 0.2) is 12.2 Å².